The molecule has 1 saturated heterocycles. The van der Waals surface area contributed by atoms with E-state index in [2.05, 4.69) is 24.0 Å². The van der Waals surface area contributed by atoms with Crippen LogP contribution < -0.4 is 0 Å². The van der Waals surface area contributed by atoms with Crippen molar-refractivity contribution >= 4 is 17.3 Å². The van der Waals surface area contributed by atoms with E-state index in [1.807, 2.05) is 18.3 Å². The minimum atomic E-state index is -0.0779. The van der Waals surface area contributed by atoms with Crippen molar-refractivity contribution in [1.82, 2.24) is 4.90 Å². The molecule has 4 heteroatoms. The summed E-state index contributed by atoms with van der Waals surface area (Å²) in [5.41, 5.74) is 0. The first-order valence-electron chi connectivity index (χ1n) is 7.22. The van der Waals surface area contributed by atoms with Gasteiger partial charge in [0.25, 0.3) is 0 Å². The van der Waals surface area contributed by atoms with Crippen LogP contribution in [-0.4, -0.2) is 30.6 Å². The van der Waals surface area contributed by atoms with Crippen molar-refractivity contribution in [2.24, 2.45) is 0 Å². The third-order valence-corrected chi connectivity index (χ3v) is 4.94. The average molecular weight is 281 g/mol. The van der Waals surface area contributed by atoms with Crippen molar-refractivity contribution in [3.05, 3.63) is 21.9 Å². The second-order valence-electron chi connectivity index (χ2n) is 4.93. The summed E-state index contributed by atoms with van der Waals surface area (Å²) in [5.74, 6) is -0.0779. The van der Waals surface area contributed by atoms with Crippen LogP contribution in [0.5, 0.6) is 0 Å². The smallest absolute Gasteiger partial charge is 0.307 e. The van der Waals surface area contributed by atoms with E-state index in [1.165, 1.54) is 22.6 Å². The largest absolute Gasteiger partial charge is 0.466 e. The zero-order valence-electron chi connectivity index (χ0n) is 11.9. The van der Waals surface area contributed by atoms with Crippen LogP contribution in [0.25, 0.3) is 0 Å². The Bertz CT molecular complexity index is 410. The van der Waals surface area contributed by atoms with Gasteiger partial charge >= 0.3 is 5.97 Å². The van der Waals surface area contributed by atoms with Crippen LogP contribution in [0.15, 0.2) is 12.1 Å². The van der Waals surface area contributed by atoms with Crippen molar-refractivity contribution in [2.45, 2.75) is 45.6 Å². The summed E-state index contributed by atoms with van der Waals surface area (Å²) in [4.78, 5) is 17.0. The molecular weight excluding hydrogens is 258 g/mol. The fourth-order valence-electron chi connectivity index (χ4n) is 2.60. The molecule has 0 N–H and O–H groups in total. The quantitative estimate of drug-likeness (QED) is 0.748. The summed E-state index contributed by atoms with van der Waals surface area (Å²) in [7, 11) is 0. The lowest BCUT2D eigenvalue weighted by Crippen LogP contribution is -2.27. The van der Waals surface area contributed by atoms with Crippen molar-refractivity contribution < 1.29 is 9.53 Å². The highest BCUT2D eigenvalue weighted by molar-refractivity contribution is 7.12. The molecule has 19 heavy (non-hydrogen) atoms. The molecule has 0 saturated carbocycles. The summed E-state index contributed by atoms with van der Waals surface area (Å²) in [6.07, 6.45) is 4.03. The summed E-state index contributed by atoms with van der Waals surface area (Å²) in [6.45, 7) is 6.71. The molecule has 1 aromatic heterocycles. The molecule has 0 aromatic carbocycles. The highest BCUT2D eigenvalue weighted by Crippen LogP contribution is 2.33. The SMILES string of the molecule is CCOC(=O)CC(c1ccc(CC)s1)N1CCCC1. The molecule has 106 valence electrons. The number of esters is 1. The topological polar surface area (TPSA) is 29.5 Å². The van der Waals surface area contributed by atoms with Gasteiger partial charge in [-0.2, -0.15) is 0 Å². The molecule has 0 amide bonds. The molecule has 0 radical (unpaired) electrons. The minimum absolute atomic E-state index is 0.0779. The Hall–Kier alpha value is -0.870. The van der Waals surface area contributed by atoms with Gasteiger partial charge in [-0.1, -0.05) is 6.92 Å². The van der Waals surface area contributed by atoms with Gasteiger partial charge in [-0.25, -0.2) is 0 Å². The van der Waals surface area contributed by atoms with Crippen molar-refractivity contribution in [1.29, 1.82) is 0 Å². The van der Waals surface area contributed by atoms with Gasteiger partial charge in [-0.3, -0.25) is 9.69 Å². The maximum Gasteiger partial charge on any atom is 0.307 e. The first kappa shape index (κ1) is 14.5. The van der Waals surface area contributed by atoms with Crippen LogP contribution in [0, 0.1) is 0 Å². The van der Waals surface area contributed by atoms with E-state index in [0.717, 1.165) is 19.5 Å². The molecule has 1 aliphatic heterocycles. The predicted octanol–water partition coefficient (Wildman–Crippen LogP) is 3.40. The number of likely N-dealkylation sites (tertiary alicyclic amines) is 1. The minimum Gasteiger partial charge on any atom is -0.466 e. The number of ether oxygens (including phenoxy) is 1. The highest BCUT2D eigenvalue weighted by atomic mass is 32.1. The van der Waals surface area contributed by atoms with Gasteiger partial charge in [-0.15, -0.1) is 11.3 Å². The van der Waals surface area contributed by atoms with Crippen molar-refractivity contribution in [3.8, 4) is 0 Å². The van der Waals surface area contributed by atoms with Gasteiger partial charge in [0, 0.05) is 9.75 Å². The molecule has 1 atom stereocenters. The number of aryl methyl sites for hydroxylation is 1. The van der Waals surface area contributed by atoms with Crippen LogP contribution in [-0.2, 0) is 16.0 Å². The first-order chi connectivity index (χ1) is 9.24. The fourth-order valence-corrected chi connectivity index (χ4v) is 3.69. The van der Waals surface area contributed by atoms with E-state index in [0.29, 0.717) is 13.0 Å². The van der Waals surface area contributed by atoms with Gasteiger partial charge in [-0.05, 0) is 51.4 Å². The van der Waals surface area contributed by atoms with Crippen LogP contribution in [0.1, 0.15) is 48.9 Å². The number of hydrogen-bond acceptors (Lipinski definition) is 4. The zero-order chi connectivity index (χ0) is 13.7. The van der Waals surface area contributed by atoms with Crippen LogP contribution >= 0.6 is 11.3 Å². The second kappa shape index (κ2) is 7.06. The van der Waals surface area contributed by atoms with Gasteiger partial charge in [0.15, 0.2) is 0 Å². The molecule has 2 rings (SSSR count). The summed E-state index contributed by atoms with van der Waals surface area (Å²) >= 11 is 1.84. The second-order valence-corrected chi connectivity index (χ2v) is 6.13. The molecule has 2 heterocycles. The van der Waals surface area contributed by atoms with Gasteiger partial charge in [0.1, 0.15) is 0 Å². The molecule has 1 unspecified atom stereocenters. The molecule has 1 fully saturated rings. The summed E-state index contributed by atoms with van der Waals surface area (Å²) in [6, 6.07) is 4.59. The monoisotopic (exact) mass is 281 g/mol. The maximum absolute atomic E-state index is 11.8. The highest BCUT2D eigenvalue weighted by Gasteiger charge is 2.27. The van der Waals surface area contributed by atoms with Crippen LogP contribution in [0.2, 0.25) is 0 Å². The number of nitrogens with zero attached hydrogens (tertiary/aromatic N) is 1. The Kier molecular flexibility index (Phi) is 5.40. The molecule has 3 nitrogen and oxygen atoms in total. The van der Waals surface area contributed by atoms with E-state index in [-0.39, 0.29) is 12.0 Å². The normalized spacial score (nSPS) is 17.6. The standard InChI is InChI=1S/C15H23NO2S/c1-3-12-7-8-14(19-12)13(11-15(17)18-4-2)16-9-5-6-10-16/h7-8,13H,3-6,9-11H2,1-2H3. The van der Waals surface area contributed by atoms with Crippen LogP contribution in [0.4, 0.5) is 0 Å². The number of carbonyl (C=O) groups excluding carboxylic acids is 1. The maximum atomic E-state index is 11.8. The number of hydrogen-bond donors (Lipinski definition) is 0. The number of carbonyl (C=O) groups is 1. The lowest BCUT2D eigenvalue weighted by molar-refractivity contribution is -0.144. The average Bonchev–Trinajstić information content (AvgIpc) is 3.07. The predicted molar refractivity (Wildman–Crippen MR) is 78.5 cm³/mol. The number of rotatable bonds is 6. The Labute approximate surface area is 119 Å². The Balaban J connectivity index is 2.10. The fraction of sp³-hybridized carbons (Fsp3) is 0.667. The van der Waals surface area contributed by atoms with E-state index < -0.39 is 0 Å². The third-order valence-electron chi connectivity index (χ3n) is 3.61. The van der Waals surface area contributed by atoms with E-state index in [9.17, 15) is 4.79 Å². The summed E-state index contributed by atoms with van der Waals surface area (Å²) < 4.78 is 5.13. The van der Waals surface area contributed by atoms with E-state index >= 15 is 0 Å². The summed E-state index contributed by atoms with van der Waals surface area (Å²) in [5, 5.41) is 0. The lowest BCUT2D eigenvalue weighted by atomic mass is 10.1. The molecule has 0 bridgehead atoms. The molecular formula is C15H23NO2S. The zero-order valence-corrected chi connectivity index (χ0v) is 12.7. The Morgan fingerprint density at radius 2 is 2.11 bits per heavy atom. The molecule has 1 aliphatic rings. The lowest BCUT2D eigenvalue weighted by Gasteiger charge is -2.25. The number of thiophene rings is 1. The van der Waals surface area contributed by atoms with E-state index in [4.69, 9.17) is 4.74 Å². The molecule has 0 spiro atoms. The molecule has 0 aliphatic carbocycles. The van der Waals surface area contributed by atoms with Gasteiger partial charge < -0.3 is 4.74 Å². The van der Waals surface area contributed by atoms with Crippen LogP contribution in [0.3, 0.4) is 0 Å². The van der Waals surface area contributed by atoms with E-state index in [1.54, 1.807) is 0 Å². The first-order valence-corrected chi connectivity index (χ1v) is 8.04. The third kappa shape index (κ3) is 3.80. The Morgan fingerprint density at radius 1 is 1.37 bits per heavy atom. The van der Waals surface area contributed by atoms with Gasteiger partial charge in [0.05, 0.1) is 19.1 Å². The Morgan fingerprint density at radius 3 is 2.68 bits per heavy atom. The van der Waals surface area contributed by atoms with Crippen molar-refractivity contribution in [3.63, 3.8) is 0 Å². The van der Waals surface area contributed by atoms with Gasteiger partial charge in [0.2, 0.25) is 0 Å². The molecule has 1 aromatic rings. The van der Waals surface area contributed by atoms with Crippen molar-refractivity contribution in [2.75, 3.05) is 19.7 Å².